The smallest absolute Gasteiger partial charge is 0.114 e. The average molecular weight is 260 g/mol. The third-order valence-electron chi connectivity index (χ3n) is 3.11. The second-order valence-electron chi connectivity index (χ2n) is 4.81. The molecule has 1 heterocycles. The summed E-state index contributed by atoms with van der Waals surface area (Å²) in [5.41, 5.74) is 11.2. The monoisotopic (exact) mass is 260 g/mol. The van der Waals surface area contributed by atoms with Crippen LogP contribution < -0.4 is 5.73 Å². The van der Waals surface area contributed by atoms with Gasteiger partial charge < -0.3 is 5.73 Å². The van der Waals surface area contributed by atoms with Crippen molar-refractivity contribution < 1.29 is 0 Å². The van der Waals surface area contributed by atoms with Crippen molar-refractivity contribution in [3.8, 4) is 0 Å². The summed E-state index contributed by atoms with van der Waals surface area (Å²) in [5.74, 6) is 0. The summed E-state index contributed by atoms with van der Waals surface area (Å²) in [4.78, 5) is 5.94. The van der Waals surface area contributed by atoms with Crippen molar-refractivity contribution in [2.75, 3.05) is 0 Å². The average Bonchev–Trinajstić information content (AvgIpc) is 2.68. The van der Waals surface area contributed by atoms with Crippen molar-refractivity contribution in [2.24, 2.45) is 5.73 Å². The van der Waals surface area contributed by atoms with E-state index in [0.29, 0.717) is 0 Å². The van der Waals surface area contributed by atoms with E-state index in [1.807, 2.05) is 0 Å². The molecule has 0 aliphatic rings. The van der Waals surface area contributed by atoms with Gasteiger partial charge in [-0.25, -0.2) is 4.98 Å². The number of thiazole rings is 1. The van der Waals surface area contributed by atoms with Gasteiger partial charge in [-0.05, 0) is 32.8 Å². The Balaban J connectivity index is 2.37. The number of rotatable bonds is 3. The lowest BCUT2D eigenvalue weighted by atomic mass is 10.0. The van der Waals surface area contributed by atoms with E-state index in [2.05, 4.69) is 50.9 Å². The second kappa shape index (κ2) is 5.21. The molecule has 1 atom stereocenters. The van der Waals surface area contributed by atoms with Gasteiger partial charge in [0.2, 0.25) is 0 Å². The molecule has 2 rings (SSSR count). The molecule has 0 aliphatic carbocycles. The summed E-state index contributed by atoms with van der Waals surface area (Å²) in [6, 6.07) is 6.37. The molecule has 0 amide bonds. The molecule has 2 N–H and O–H groups in total. The SMILES string of the molecule is CCc1nc(C(N)c2cc(C)cc(C)c2)sc1C. The fourth-order valence-electron chi connectivity index (χ4n) is 2.24. The van der Waals surface area contributed by atoms with E-state index in [-0.39, 0.29) is 6.04 Å². The van der Waals surface area contributed by atoms with Gasteiger partial charge in [0.1, 0.15) is 5.01 Å². The van der Waals surface area contributed by atoms with Crippen LogP contribution in [-0.4, -0.2) is 4.98 Å². The number of aromatic nitrogens is 1. The predicted molar refractivity (Wildman–Crippen MR) is 78.2 cm³/mol. The summed E-state index contributed by atoms with van der Waals surface area (Å²) < 4.78 is 0. The first-order chi connectivity index (χ1) is 8.51. The zero-order valence-electron chi connectivity index (χ0n) is 11.4. The first kappa shape index (κ1) is 13.2. The van der Waals surface area contributed by atoms with E-state index in [9.17, 15) is 0 Å². The third kappa shape index (κ3) is 2.62. The zero-order valence-corrected chi connectivity index (χ0v) is 12.3. The van der Waals surface area contributed by atoms with Crippen molar-refractivity contribution in [3.63, 3.8) is 0 Å². The molecule has 96 valence electrons. The number of hydrogen-bond acceptors (Lipinski definition) is 3. The van der Waals surface area contributed by atoms with E-state index in [1.54, 1.807) is 11.3 Å². The largest absolute Gasteiger partial charge is 0.318 e. The van der Waals surface area contributed by atoms with Crippen LogP contribution in [0.4, 0.5) is 0 Å². The Bertz CT molecular complexity index is 537. The highest BCUT2D eigenvalue weighted by Gasteiger charge is 2.15. The van der Waals surface area contributed by atoms with Crippen LogP contribution in [0.25, 0.3) is 0 Å². The first-order valence-electron chi connectivity index (χ1n) is 6.31. The van der Waals surface area contributed by atoms with Gasteiger partial charge in [-0.2, -0.15) is 0 Å². The van der Waals surface area contributed by atoms with Gasteiger partial charge in [0.05, 0.1) is 11.7 Å². The van der Waals surface area contributed by atoms with E-state index < -0.39 is 0 Å². The second-order valence-corrected chi connectivity index (χ2v) is 6.04. The molecule has 3 heteroatoms. The maximum atomic E-state index is 6.34. The first-order valence-corrected chi connectivity index (χ1v) is 7.13. The highest BCUT2D eigenvalue weighted by molar-refractivity contribution is 7.11. The predicted octanol–water partition coefficient (Wildman–Crippen LogP) is 3.68. The van der Waals surface area contributed by atoms with Crippen molar-refractivity contribution in [1.82, 2.24) is 4.98 Å². The summed E-state index contributed by atoms with van der Waals surface area (Å²) in [7, 11) is 0. The minimum Gasteiger partial charge on any atom is -0.318 e. The maximum Gasteiger partial charge on any atom is 0.114 e. The Morgan fingerprint density at radius 1 is 1.17 bits per heavy atom. The quantitative estimate of drug-likeness (QED) is 0.914. The van der Waals surface area contributed by atoms with E-state index in [4.69, 9.17) is 5.73 Å². The van der Waals surface area contributed by atoms with Crippen molar-refractivity contribution in [2.45, 2.75) is 40.2 Å². The van der Waals surface area contributed by atoms with Gasteiger partial charge in [0.15, 0.2) is 0 Å². The topological polar surface area (TPSA) is 38.9 Å². The lowest BCUT2D eigenvalue weighted by molar-refractivity contribution is 0.841. The Morgan fingerprint density at radius 3 is 2.28 bits per heavy atom. The van der Waals surface area contributed by atoms with Crippen LogP contribution in [0.3, 0.4) is 0 Å². The molecule has 0 bridgehead atoms. The molecule has 0 aliphatic heterocycles. The molecule has 0 fully saturated rings. The fraction of sp³-hybridized carbons (Fsp3) is 0.400. The Kier molecular flexibility index (Phi) is 3.83. The van der Waals surface area contributed by atoms with E-state index >= 15 is 0 Å². The van der Waals surface area contributed by atoms with Gasteiger partial charge in [0.25, 0.3) is 0 Å². The molecule has 0 radical (unpaired) electrons. The summed E-state index contributed by atoms with van der Waals surface area (Å²) in [6.07, 6.45) is 0.974. The van der Waals surface area contributed by atoms with Gasteiger partial charge in [-0.1, -0.05) is 36.2 Å². The van der Waals surface area contributed by atoms with Crippen LogP contribution in [-0.2, 0) is 6.42 Å². The molecule has 2 aromatic rings. The van der Waals surface area contributed by atoms with Crippen LogP contribution in [0.15, 0.2) is 18.2 Å². The van der Waals surface area contributed by atoms with Crippen LogP contribution in [0, 0.1) is 20.8 Å². The van der Waals surface area contributed by atoms with Gasteiger partial charge in [-0.3, -0.25) is 0 Å². The van der Waals surface area contributed by atoms with Crippen molar-refractivity contribution >= 4 is 11.3 Å². The van der Waals surface area contributed by atoms with Crippen LogP contribution in [0.1, 0.15) is 45.2 Å². The van der Waals surface area contributed by atoms with E-state index in [0.717, 1.165) is 17.0 Å². The maximum absolute atomic E-state index is 6.34. The molecular formula is C15H20N2S. The van der Waals surface area contributed by atoms with Gasteiger partial charge in [0, 0.05) is 4.88 Å². The molecule has 1 aromatic heterocycles. The number of nitrogens with zero attached hydrogens (tertiary/aromatic N) is 1. The Labute approximate surface area is 113 Å². The summed E-state index contributed by atoms with van der Waals surface area (Å²) in [6.45, 7) is 8.46. The van der Waals surface area contributed by atoms with Crippen molar-refractivity contribution in [3.05, 3.63) is 50.5 Å². The molecule has 0 saturated carbocycles. The van der Waals surface area contributed by atoms with E-state index in [1.165, 1.54) is 21.7 Å². The highest BCUT2D eigenvalue weighted by Crippen LogP contribution is 2.27. The number of aryl methyl sites for hydroxylation is 4. The molecule has 1 aromatic carbocycles. The minimum atomic E-state index is -0.104. The zero-order chi connectivity index (χ0) is 13.3. The highest BCUT2D eigenvalue weighted by atomic mass is 32.1. The molecule has 2 nitrogen and oxygen atoms in total. The minimum absolute atomic E-state index is 0.104. The van der Waals surface area contributed by atoms with Gasteiger partial charge in [-0.15, -0.1) is 11.3 Å². The van der Waals surface area contributed by atoms with Crippen LogP contribution in [0.2, 0.25) is 0 Å². The number of nitrogens with two attached hydrogens (primary N) is 1. The molecule has 18 heavy (non-hydrogen) atoms. The molecular weight excluding hydrogens is 240 g/mol. The lowest BCUT2D eigenvalue weighted by Crippen LogP contribution is -2.12. The Hall–Kier alpha value is -1.19. The third-order valence-corrected chi connectivity index (χ3v) is 4.21. The summed E-state index contributed by atoms with van der Waals surface area (Å²) >= 11 is 1.72. The van der Waals surface area contributed by atoms with Crippen LogP contribution >= 0.6 is 11.3 Å². The number of hydrogen-bond donors (Lipinski definition) is 1. The van der Waals surface area contributed by atoms with Crippen LogP contribution in [0.5, 0.6) is 0 Å². The molecule has 0 saturated heterocycles. The standard InChI is InChI=1S/C15H20N2S/c1-5-13-11(4)18-15(17-13)14(16)12-7-9(2)6-10(3)8-12/h6-8,14H,5,16H2,1-4H3. The lowest BCUT2D eigenvalue weighted by Gasteiger charge is -2.11. The normalized spacial score (nSPS) is 12.7. The fourth-order valence-corrected chi connectivity index (χ4v) is 3.28. The van der Waals surface area contributed by atoms with Gasteiger partial charge >= 0.3 is 0 Å². The number of benzene rings is 1. The summed E-state index contributed by atoms with van der Waals surface area (Å²) in [5, 5.41) is 1.02. The molecule has 0 spiro atoms. The van der Waals surface area contributed by atoms with Crippen molar-refractivity contribution in [1.29, 1.82) is 0 Å². The Morgan fingerprint density at radius 2 is 1.78 bits per heavy atom. The molecule has 1 unspecified atom stereocenters.